The predicted molar refractivity (Wildman–Crippen MR) is 87.1 cm³/mol. The van der Waals surface area contributed by atoms with Gasteiger partial charge in [-0.15, -0.1) is 0 Å². The zero-order chi connectivity index (χ0) is 16.4. The van der Waals surface area contributed by atoms with Crippen LogP contribution in [0.2, 0.25) is 0 Å². The minimum Gasteiger partial charge on any atom is -0.349 e. The fourth-order valence-corrected chi connectivity index (χ4v) is 3.41. The van der Waals surface area contributed by atoms with Crippen molar-refractivity contribution in [3.8, 4) is 0 Å². The third-order valence-corrected chi connectivity index (χ3v) is 4.87. The molecule has 5 nitrogen and oxygen atoms in total. The molecular weight excluding hydrogens is 292 g/mol. The number of imide groups is 1. The van der Waals surface area contributed by atoms with Gasteiger partial charge in [0.05, 0.1) is 5.69 Å². The number of rotatable bonds is 3. The second kappa shape index (κ2) is 6.52. The van der Waals surface area contributed by atoms with Gasteiger partial charge >= 0.3 is 0 Å². The number of nitrogens with one attached hydrogen (secondary N) is 1. The first kappa shape index (κ1) is 15.7. The molecular formula is C18H22N2O3. The van der Waals surface area contributed by atoms with E-state index in [0.29, 0.717) is 17.2 Å². The summed E-state index contributed by atoms with van der Waals surface area (Å²) in [5.74, 6) is 0.0626. The molecule has 1 saturated carbocycles. The molecule has 23 heavy (non-hydrogen) atoms. The van der Waals surface area contributed by atoms with Gasteiger partial charge in [-0.3, -0.25) is 19.3 Å². The average Bonchev–Trinajstić information content (AvgIpc) is 2.88. The van der Waals surface area contributed by atoms with Crippen molar-refractivity contribution < 1.29 is 14.4 Å². The number of carbonyl (C=O) groups is 3. The lowest BCUT2D eigenvalue weighted by Gasteiger charge is -2.29. The molecule has 5 heteroatoms. The Morgan fingerprint density at radius 2 is 1.65 bits per heavy atom. The largest absolute Gasteiger partial charge is 0.349 e. The Bertz CT molecular complexity index is 608. The van der Waals surface area contributed by atoms with E-state index in [2.05, 4.69) is 12.2 Å². The van der Waals surface area contributed by atoms with Crippen LogP contribution in [0.4, 0.5) is 5.69 Å². The van der Waals surface area contributed by atoms with Crippen molar-refractivity contribution in [1.82, 2.24) is 5.32 Å². The van der Waals surface area contributed by atoms with Crippen molar-refractivity contribution in [2.75, 3.05) is 4.90 Å². The second-order valence-corrected chi connectivity index (χ2v) is 6.51. The monoisotopic (exact) mass is 314 g/mol. The van der Waals surface area contributed by atoms with Crippen LogP contribution in [0.15, 0.2) is 24.3 Å². The molecule has 0 unspecified atom stereocenters. The maximum atomic E-state index is 12.4. The number of benzene rings is 1. The van der Waals surface area contributed by atoms with E-state index in [4.69, 9.17) is 0 Å². The summed E-state index contributed by atoms with van der Waals surface area (Å²) >= 11 is 0. The van der Waals surface area contributed by atoms with Crippen molar-refractivity contribution in [2.24, 2.45) is 5.92 Å². The summed E-state index contributed by atoms with van der Waals surface area (Å²) in [6.07, 6.45) is 5.11. The molecule has 1 aliphatic heterocycles. The lowest BCUT2D eigenvalue weighted by Crippen LogP contribution is -2.41. The van der Waals surface area contributed by atoms with Gasteiger partial charge in [0, 0.05) is 24.4 Å². The van der Waals surface area contributed by atoms with Crippen LogP contribution in [-0.4, -0.2) is 23.8 Å². The highest BCUT2D eigenvalue weighted by atomic mass is 16.2. The Kier molecular flexibility index (Phi) is 4.46. The van der Waals surface area contributed by atoms with Gasteiger partial charge in [-0.25, -0.2) is 0 Å². The summed E-state index contributed by atoms with van der Waals surface area (Å²) in [5.41, 5.74) is 1.10. The average molecular weight is 314 g/mol. The zero-order valence-electron chi connectivity index (χ0n) is 13.4. The first-order valence-electron chi connectivity index (χ1n) is 8.33. The van der Waals surface area contributed by atoms with Crippen LogP contribution in [0.3, 0.4) is 0 Å². The minimum atomic E-state index is -0.178. The lowest BCUT2D eigenvalue weighted by molar-refractivity contribution is -0.121. The van der Waals surface area contributed by atoms with Crippen molar-refractivity contribution in [1.29, 1.82) is 0 Å². The van der Waals surface area contributed by atoms with E-state index in [9.17, 15) is 14.4 Å². The summed E-state index contributed by atoms with van der Waals surface area (Å²) in [4.78, 5) is 37.0. The summed E-state index contributed by atoms with van der Waals surface area (Å²) in [7, 11) is 0. The number of anilines is 1. The fraction of sp³-hybridized carbons (Fsp3) is 0.500. The van der Waals surface area contributed by atoms with Gasteiger partial charge in [-0.1, -0.05) is 19.8 Å². The van der Waals surface area contributed by atoms with E-state index >= 15 is 0 Å². The highest BCUT2D eigenvalue weighted by Crippen LogP contribution is 2.25. The van der Waals surface area contributed by atoms with E-state index in [0.717, 1.165) is 19.3 Å². The van der Waals surface area contributed by atoms with Gasteiger partial charge in [-0.2, -0.15) is 0 Å². The number of carbonyl (C=O) groups excluding carboxylic acids is 3. The van der Waals surface area contributed by atoms with Gasteiger partial charge in [0.1, 0.15) is 0 Å². The van der Waals surface area contributed by atoms with Gasteiger partial charge in [0.25, 0.3) is 5.91 Å². The molecule has 2 aliphatic rings. The quantitative estimate of drug-likeness (QED) is 0.872. The van der Waals surface area contributed by atoms with Crippen LogP contribution in [0.25, 0.3) is 0 Å². The molecule has 1 aromatic rings. The van der Waals surface area contributed by atoms with Gasteiger partial charge in [-0.05, 0) is 43.0 Å². The van der Waals surface area contributed by atoms with Crippen LogP contribution in [-0.2, 0) is 9.59 Å². The van der Waals surface area contributed by atoms with Crippen molar-refractivity contribution in [3.63, 3.8) is 0 Å². The van der Waals surface area contributed by atoms with Crippen LogP contribution >= 0.6 is 0 Å². The van der Waals surface area contributed by atoms with Crippen molar-refractivity contribution in [3.05, 3.63) is 29.8 Å². The number of amides is 3. The van der Waals surface area contributed by atoms with Gasteiger partial charge in [0.15, 0.2) is 0 Å². The fourth-order valence-electron chi connectivity index (χ4n) is 3.41. The van der Waals surface area contributed by atoms with Crippen LogP contribution in [0, 0.1) is 5.92 Å². The highest BCUT2D eigenvalue weighted by molar-refractivity contribution is 6.19. The van der Waals surface area contributed by atoms with E-state index in [1.165, 1.54) is 11.3 Å². The molecule has 2 atom stereocenters. The second-order valence-electron chi connectivity index (χ2n) is 6.51. The van der Waals surface area contributed by atoms with Crippen LogP contribution < -0.4 is 10.2 Å². The molecule has 1 aliphatic carbocycles. The summed E-state index contributed by atoms with van der Waals surface area (Å²) in [6.45, 7) is 2.18. The molecule has 1 N–H and O–H groups in total. The van der Waals surface area contributed by atoms with E-state index < -0.39 is 0 Å². The Hall–Kier alpha value is -2.17. The topological polar surface area (TPSA) is 66.5 Å². The Labute approximate surface area is 136 Å². The van der Waals surface area contributed by atoms with E-state index in [1.54, 1.807) is 24.3 Å². The third kappa shape index (κ3) is 3.28. The van der Waals surface area contributed by atoms with Crippen LogP contribution in [0.1, 0.15) is 55.8 Å². The predicted octanol–water partition coefficient (Wildman–Crippen LogP) is 2.65. The molecule has 3 rings (SSSR count). The molecule has 0 aromatic heterocycles. The molecule has 1 saturated heterocycles. The normalized spacial score (nSPS) is 24.8. The zero-order valence-corrected chi connectivity index (χ0v) is 13.4. The maximum absolute atomic E-state index is 12.4. The van der Waals surface area contributed by atoms with E-state index in [1.807, 2.05) is 0 Å². The molecule has 122 valence electrons. The molecule has 0 bridgehead atoms. The molecule has 1 heterocycles. The first-order chi connectivity index (χ1) is 11.1. The Morgan fingerprint density at radius 3 is 2.26 bits per heavy atom. The summed E-state index contributed by atoms with van der Waals surface area (Å²) < 4.78 is 0. The molecule has 1 aromatic carbocycles. The standard InChI is InChI=1S/C18H22N2O3/c1-12-4-2-3-5-15(12)19-18(23)13-6-8-14(9-7-13)20-16(21)10-11-17(20)22/h6-9,12,15H,2-5,10-11H2,1H3,(H,19,23)/t12-,15+/m0/s1. The van der Waals surface area contributed by atoms with Crippen LogP contribution in [0.5, 0.6) is 0 Å². The lowest BCUT2D eigenvalue weighted by atomic mass is 9.86. The van der Waals surface area contributed by atoms with Gasteiger partial charge in [0.2, 0.25) is 11.8 Å². The number of hydrogen-bond donors (Lipinski definition) is 1. The molecule has 0 radical (unpaired) electrons. The molecule has 0 spiro atoms. The number of nitrogens with zero attached hydrogens (tertiary/aromatic N) is 1. The summed E-state index contributed by atoms with van der Waals surface area (Å²) in [6, 6.07) is 6.92. The molecule has 3 amide bonds. The van der Waals surface area contributed by atoms with E-state index in [-0.39, 0.29) is 36.6 Å². The van der Waals surface area contributed by atoms with Gasteiger partial charge < -0.3 is 5.32 Å². The smallest absolute Gasteiger partial charge is 0.251 e. The first-order valence-corrected chi connectivity index (χ1v) is 8.33. The molecule has 2 fully saturated rings. The SMILES string of the molecule is C[C@H]1CCCC[C@H]1NC(=O)c1ccc(N2C(=O)CCC2=O)cc1. The Balaban J connectivity index is 1.68. The Morgan fingerprint density at radius 1 is 1.04 bits per heavy atom. The third-order valence-electron chi connectivity index (χ3n) is 4.87. The maximum Gasteiger partial charge on any atom is 0.251 e. The van der Waals surface area contributed by atoms with Crippen molar-refractivity contribution in [2.45, 2.75) is 51.5 Å². The highest BCUT2D eigenvalue weighted by Gasteiger charge is 2.30. The van der Waals surface area contributed by atoms with Crippen molar-refractivity contribution >= 4 is 23.4 Å². The summed E-state index contributed by atoms with van der Waals surface area (Å²) in [5, 5.41) is 3.11. The minimum absolute atomic E-state index is 0.0885. The number of hydrogen-bond acceptors (Lipinski definition) is 3.